The van der Waals surface area contributed by atoms with Crippen molar-refractivity contribution in [3.63, 3.8) is 0 Å². The van der Waals surface area contributed by atoms with E-state index in [1.54, 1.807) is 0 Å². The predicted octanol–water partition coefficient (Wildman–Crippen LogP) is 6.74. The lowest BCUT2D eigenvalue weighted by molar-refractivity contribution is 1.09. The quantitative estimate of drug-likeness (QED) is 0.390. The fourth-order valence-electron chi connectivity index (χ4n) is 3.31. The van der Waals surface area contributed by atoms with Crippen molar-refractivity contribution >= 4 is 0 Å². The van der Waals surface area contributed by atoms with Gasteiger partial charge in [0.05, 0.1) is 11.4 Å². The van der Waals surface area contributed by atoms with E-state index >= 15 is 0 Å². The Morgan fingerprint density at radius 2 is 0.769 bits per heavy atom. The average molecular weight is 337 g/mol. The van der Waals surface area contributed by atoms with Crippen molar-refractivity contribution in [2.24, 2.45) is 0 Å². The molecule has 1 nitrogen and oxygen atoms in total. The monoisotopic (exact) mass is 337 g/mol. The molecule has 0 spiro atoms. The number of benzene rings is 3. The first kappa shape index (κ1) is 16.4. The van der Waals surface area contributed by atoms with Gasteiger partial charge in [0.25, 0.3) is 0 Å². The second-order valence-electron chi connectivity index (χ2n) is 7.01. The lowest BCUT2D eigenvalue weighted by Gasteiger charge is -2.15. The van der Waals surface area contributed by atoms with E-state index in [2.05, 4.69) is 110 Å². The highest BCUT2D eigenvalue weighted by atomic mass is 15.0. The Morgan fingerprint density at radius 3 is 1.15 bits per heavy atom. The maximum absolute atomic E-state index is 2.36. The van der Waals surface area contributed by atoms with Crippen molar-refractivity contribution < 1.29 is 0 Å². The molecule has 0 saturated heterocycles. The molecule has 0 saturated carbocycles. The molecule has 0 aliphatic carbocycles. The molecule has 0 unspecified atom stereocenters. The second-order valence-corrected chi connectivity index (χ2v) is 7.01. The maximum Gasteiger partial charge on any atom is 0.0535 e. The third-order valence-electron chi connectivity index (χ3n) is 4.87. The zero-order valence-electron chi connectivity index (χ0n) is 15.5. The van der Waals surface area contributed by atoms with Crippen LogP contribution in [0.25, 0.3) is 28.2 Å². The smallest absolute Gasteiger partial charge is 0.0535 e. The van der Waals surface area contributed by atoms with Crippen LogP contribution in [0.3, 0.4) is 0 Å². The molecule has 4 aromatic rings. The minimum Gasteiger partial charge on any atom is -0.309 e. The van der Waals surface area contributed by atoms with Crippen LogP contribution in [0.5, 0.6) is 0 Å². The van der Waals surface area contributed by atoms with Crippen molar-refractivity contribution in [1.29, 1.82) is 0 Å². The standard InChI is InChI=1S/C25H23N/c1-18-4-10-21(11-5-18)24-16-17-25(22-12-6-19(2)7-13-22)26(24)23-14-8-20(3)9-15-23/h4-17H,1-3H3. The van der Waals surface area contributed by atoms with Crippen LogP contribution in [0.1, 0.15) is 16.7 Å². The Balaban J connectivity index is 1.93. The Bertz CT molecular complexity index is 954. The molecule has 0 fully saturated rings. The molecular formula is C25H23N. The molecule has 0 radical (unpaired) electrons. The summed E-state index contributed by atoms with van der Waals surface area (Å²) in [5.74, 6) is 0. The van der Waals surface area contributed by atoms with E-state index in [1.165, 1.54) is 44.9 Å². The van der Waals surface area contributed by atoms with Crippen LogP contribution in [-0.4, -0.2) is 4.57 Å². The zero-order valence-corrected chi connectivity index (χ0v) is 15.5. The van der Waals surface area contributed by atoms with Crippen LogP contribution in [0.4, 0.5) is 0 Å². The molecule has 0 bridgehead atoms. The summed E-state index contributed by atoms with van der Waals surface area (Å²) >= 11 is 0. The highest BCUT2D eigenvalue weighted by molar-refractivity contribution is 5.73. The summed E-state index contributed by atoms with van der Waals surface area (Å²) in [5, 5.41) is 0. The second kappa shape index (κ2) is 6.68. The van der Waals surface area contributed by atoms with Gasteiger partial charge in [-0.2, -0.15) is 0 Å². The molecule has 1 heterocycles. The molecule has 0 N–H and O–H groups in total. The first-order chi connectivity index (χ1) is 12.6. The van der Waals surface area contributed by atoms with Crippen molar-refractivity contribution in [2.45, 2.75) is 20.8 Å². The van der Waals surface area contributed by atoms with Crippen LogP contribution in [0, 0.1) is 20.8 Å². The maximum atomic E-state index is 2.36. The first-order valence-electron chi connectivity index (χ1n) is 9.05. The fraction of sp³-hybridized carbons (Fsp3) is 0.120. The van der Waals surface area contributed by atoms with Gasteiger partial charge in [0.2, 0.25) is 0 Å². The van der Waals surface area contributed by atoms with Gasteiger partial charge >= 0.3 is 0 Å². The van der Waals surface area contributed by atoms with Crippen LogP contribution in [0.2, 0.25) is 0 Å². The van der Waals surface area contributed by atoms with E-state index in [-0.39, 0.29) is 0 Å². The normalized spacial score (nSPS) is 10.9. The molecule has 1 aromatic heterocycles. The molecule has 4 rings (SSSR count). The third-order valence-corrected chi connectivity index (χ3v) is 4.87. The number of aryl methyl sites for hydroxylation is 3. The molecule has 0 atom stereocenters. The Morgan fingerprint density at radius 1 is 0.423 bits per heavy atom. The summed E-state index contributed by atoms with van der Waals surface area (Å²) in [5.41, 5.74) is 9.90. The van der Waals surface area contributed by atoms with Gasteiger partial charge in [-0.05, 0) is 56.2 Å². The average Bonchev–Trinajstić information content (AvgIpc) is 3.08. The molecular weight excluding hydrogens is 314 g/mol. The van der Waals surface area contributed by atoms with Gasteiger partial charge in [0.1, 0.15) is 0 Å². The highest BCUT2D eigenvalue weighted by Crippen LogP contribution is 2.32. The number of rotatable bonds is 3. The van der Waals surface area contributed by atoms with Gasteiger partial charge in [-0.25, -0.2) is 0 Å². The zero-order chi connectivity index (χ0) is 18.1. The number of hydrogen-bond acceptors (Lipinski definition) is 0. The number of aromatic nitrogens is 1. The molecule has 1 heteroatoms. The summed E-state index contributed by atoms with van der Waals surface area (Å²) < 4.78 is 2.36. The van der Waals surface area contributed by atoms with Gasteiger partial charge in [0.15, 0.2) is 0 Å². The molecule has 0 amide bonds. The van der Waals surface area contributed by atoms with Crippen molar-refractivity contribution in [3.05, 3.63) is 102 Å². The highest BCUT2D eigenvalue weighted by Gasteiger charge is 2.13. The summed E-state index contributed by atoms with van der Waals surface area (Å²) in [6.45, 7) is 6.38. The van der Waals surface area contributed by atoms with Crippen LogP contribution in [0.15, 0.2) is 84.9 Å². The molecule has 128 valence electrons. The first-order valence-corrected chi connectivity index (χ1v) is 9.05. The van der Waals surface area contributed by atoms with E-state index in [1.807, 2.05) is 0 Å². The van der Waals surface area contributed by atoms with E-state index in [0.29, 0.717) is 0 Å². The van der Waals surface area contributed by atoms with E-state index in [0.717, 1.165) is 0 Å². The van der Waals surface area contributed by atoms with E-state index in [4.69, 9.17) is 0 Å². The van der Waals surface area contributed by atoms with Gasteiger partial charge in [0, 0.05) is 5.69 Å². The molecule has 0 aliphatic rings. The minimum absolute atomic E-state index is 1.19. The number of hydrogen-bond donors (Lipinski definition) is 0. The molecule has 3 aromatic carbocycles. The fourth-order valence-corrected chi connectivity index (χ4v) is 3.31. The van der Waals surface area contributed by atoms with Crippen LogP contribution >= 0.6 is 0 Å². The van der Waals surface area contributed by atoms with Crippen LogP contribution < -0.4 is 0 Å². The van der Waals surface area contributed by atoms with Crippen molar-refractivity contribution in [1.82, 2.24) is 4.57 Å². The largest absolute Gasteiger partial charge is 0.309 e. The topological polar surface area (TPSA) is 4.93 Å². The Hall–Kier alpha value is -3.06. The summed E-state index contributed by atoms with van der Waals surface area (Å²) in [6, 6.07) is 30.7. The Kier molecular flexibility index (Phi) is 4.22. The summed E-state index contributed by atoms with van der Waals surface area (Å²) in [7, 11) is 0. The Labute approximate surface area is 155 Å². The summed E-state index contributed by atoms with van der Waals surface area (Å²) in [4.78, 5) is 0. The van der Waals surface area contributed by atoms with E-state index in [9.17, 15) is 0 Å². The molecule has 26 heavy (non-hydrogen) atoms. The van der Waals surface area contributed by atoms with E-state index < -0.39 is 0 Å². The molecule has 0 aliphatic heterocycles. The predicted molar refractivity (Wildman–Crippen MR) is 111 cm³/mol. The SMILES string of the molecule is Cc1ccc(-c2ccc(-c3ccc(C)cc3)n2-c2ccc(C)cc2)cc1. The minimum atomic E-state index is 1.19. The van der Waals surface area contributed by atoms with Gasteiger partial charge in [-0.1, -0.05) is 77.4 Å². The lowest BCUT2D eigenvalue weighted by Crippen LogP contribution is -1.99. The lowest BCUT2D eigenvalue weighted by atomic mass is 10.1. The third kappa shape index (κ3) is 3.09. The van der Waals surface area contributed by atoms with Crippen molar-refractivity contribution in [3.8, 4) is 28.2 Å². The summed E-state index contributed by atoms with van der Waals surface area (Å²) in [6.07, 6.45) is 0. The van der Waals surface area contributed by atoms with Gasteiger partial charge in [-0.3, -0.25) is 0 Å². The van der Waals surface area contributed by atoms with Crippen LogP contribution in [-0.2, 0) is 0 Å². The van der Waals surface area contributed by atoms with Gasteiger partial charge in [-0.15, -0.1) is 0 Å². The van der Waals surface area contributed by atoms with Gasteiger partial charge < -0.3 is 4.57 Å². The van der Waals surface area contributed by atoms with Crippen molar-refractivity contribution in [2.75, 3.05) is 0 Å². The number of nitrogens with zero attached hydrogens (tertiary/aromatic N) is 1.